The second-order valence-electron chi connectivity index (χ2n) is 9.72. The van der Waals surface area contributed by atoms with Gasteiger partial charge in [-0.25, -0.2) is 8.42 Å². The lowest BCUT2D eigenvalue weighted by Gasteiger charge is -2.43. The summed E-state index contributed by atoms with van der Waals surface area (Å²) in [5.41, 5.74) is 15.2. The van der Waals surface area contributed by atoms with E-state index in [1.165, 1.54) is 51.6 Å². The summed E-state index contributed by atoms with van der Waals surface area (Å²) >= 11 is 0. The van der Waals surface area contributed by atoms with Crippen LogP contribution in [0.4, 0.5) is 0 Å². The third kappa shape index (κ3) is 6.53. The van der Waals surface area contributed by atoms with Crippen LogP contribution in [0.1, 0.15) is 19.3 Å². The van der Waals surface area contributed by atoms with Gasteiger partial charge in [0, 0.05) is 12.6 Å². The number of carboxylic acid groups (broad SMARTS) is 1. The fourth-order valence-electron chi connectivity index (χ4n) is 5.24. The molecule has 4 atom stereocenters. The molecule has 0 bridgehead atoms. The van der Waals surface area contributed by atoms with Gasteiger partial charge in [-0.15, -0.1) is 0 Å². The minimum absolute atomic E-state index is 0.0501. The Morgan fingerprint density at radius 1 is 1.10 bits per heavy atom. The minimum Gasteiger partial charge on any atom is -0.493 e. The van der Waals surface area contributed by atoms with Crippen LogP contribution in [0.15, 0.2) is 64.5 Å². The summed E-state index contributed by atoms with van der Waals surface area (Å²) in [4.78, 5) is 29.9. The third-order valence-electron chi connectivity index (χ3n) is 7.25. The third-order valence-corrected chi connectivity index (χ3v) is 9.38. The fraction of sp³-hybridized carbons (Fsp3) is 0.393. The number of hydrogen-bond donors (Lipinski definition) is 5. The molecular weight excluding hydrogens is 550 g/mol. The number of hydrogen-bond acceptors (Lipinski definition) is 9. The average molecular weight is 588 g/mol. The molecule has 1 aliphatic carbocycles. The zero-order valence-electron chi connectivity index (χ0n) is 23.2. The molecule has 0 radical (unpaired) electrons. The molecule has 8 N–H and O–H groups in total. The van der Waals surface area contributed by atoms with E-state index >= 15 is 0 Å². The first-order valence-corrected chi connectivity index (χ1v) is 14.5. The molecule has 2 unspecified atom stereocenters. The molecule has 13 heteroatoms. The highest BCUT2D eigenvalue weighted by atomic mass is 32.2. The number of allylic oxidation sites excluding steroid dienone is 2. The van der Waals surface area contributed by atoms with Crippen molar-refractivity contribution in [3.63, 3.8) is 0 Å². The quantitative estimate of drug-likeness (QED) is 0.120. The number of aliphatic carboxylic acids is 1. The van der Waals surface area contributed by atoms with E-state index in [0.717, 1.165) is 0 Å². The van der Waals surface area contributed by atoms with Crippen molar-refractivity contribution in [1.82, 2.24) is 5.32 Å². The number of Topliss-reactive ketones (excluding diaryl/α,β-unsaturated/α-hetero) is 1. The van der Waals surface area contributed by atoms with Crippen LogP contribution in [0.5, 0.6) is 11.5 Å². The largest absolute Gasteiger partial charge is 0.493 e. The summed E-state index contributed by atoms with van der Waals surface area (Å²) in [5.74, 6) is -1.01. The minimum atomic E-state index is -4.28. The van der Waals surface area contributed by atoms with Crippen molar-refractivity contribution in [3.05, 3.63) is 54.6 Å². The smallest absolute Gasteiger partial charge is 0.304 e. The molecule has 222 valence electrons. The Labute approximate surface area is 239 Å². The number of guanidine groups is 1. The van der Waals surface area contributed by atoms with Gasteiger partial charge in [-0.05, 0) is 54.9 Å². The Kier molecular flexibility index (Phi) is 10.1. The molecule has 0 fully saturated rings. The molecule has 0 amide bonds. The van der Waals surface area contributed by atoms with Gasteiger partial charge in [0.05, 0.1) is 37.0 Å². The molecule has 0 spiro atoms. The zero-order chi connectivity index (χ0) is 30.4. The van der Waals surface area contributed by atoms with Crippen LogP contribution in [-0.2, 0) is 19.4 Å². The Morgan fingerprint density at radius 3 is 2.34 bits per heavy atom. The van der Waals surface area contributed by atoms with Crippen molar-refractivity contribution < 1.29 is 32.6 Å². The highest BCUT2D eigenvalue weighted by molar-refractivity contribution is 7.92. The molecule has 3 rings (SSSR count). The van der Waals surface area contributed by atoms with Crippen LogP contribution in [-0.4, -0.2) is 76.4 Å². The molecule has 2 aromatic carbocycles. The van der Waals surface area contributed by atoms with E-state index < -0.39 is 50.8 Å². The zero-order valence-corrected chi connectivity index (χ0v) is 24.1. The van der Waals surface area contributed by atoms with Crippen LogP contribution < -0.4 is 32.0 Å². The van der Waals surface area contributed by atoms with Crippen LogP contribution in [0.2, 0.25) is 0 Å². The molecule has 0 aliphatic heterocycles. The number of nitrogens with zero attached hydrogens (tertiary/aromatic N) is 1. The Hall–Kier alpha value is -3.94. The van der Waals surface area contributed by atoms with Crippen molar-refractivity contribution >= 4 is 38.3 Å². The van der Waals surface area contributed by atoms with Gasteiger partial charge in [0.15, 0.2) is 33.1 Å². The predicted octanol–water partition coefficient (Wildman–Crippen LogP) is 1.12. The highest BCUT2D eigenvalue weighted by Gasteiger charge is 2.55. The number of methoxy groups -OCH3 is 2. The Balaban J connectivity index is 2.14. The van der Waals surface area contributed by atoms with E-state index in [9.17, 15) is 23.1 Å². The number of carboxylic acids is 1. The number of ketones is 1. The summed E-state index contributed by atoms with van der Waals surface area (Å²) < 4.78 is 39.4. The van der Waals surface area contributed by atoms with Crippen molar-refractivity contribution in [2.45, 2.75) is 41.5 Å². The maximum Gasteiger partial charge on any atom is 0.304 e. The number of nitrogens with one attached hydrogen (secondary N) is 1. The lowest BCUT2D eigenvalue weighted by atomic mass is 9.68. The summed E-state index contributed by atoms with van der Waals surface area (Å²) in [6.07, 6.45) is 5.92. The number of ether oxygens (including phenoxy) is 2. The van der Waals surface area contributed by atoms with Gasteiger partial charge >= 0.3 is 5.97 Å². The van der Waals surface area contributed by atoms with Gasteiger partial charge in [0.2, 0.25) is 0 Å². The number of rotatable bonds is 14. The molecule has 0 saturated heterocycles. The van der Waals surface area contributed by atoms with E-state index in [-0.39, 0.29) is 23.8 Å². The molecule has 0 saturated carbocycles. The number of carbonyl (C=O) groups is 2. The van der Waals surface area contributed by atoms with Gasteiger partial charge in [-0.3, -0.25) is 14.6 Å². The predicted molar refractivity (Wildman–Crippen MR) is 157 cm³/mol. The van der Waals surface area contributed by atoms with Gasteiger partial charge in [-0.2, -0.15) is 0 Å². The first-order chi connectivity index (χ1) is 19.4. The average Bonchev–Trinajstić information content (AvgIpc) is 2.96. The summed E-state index contributed by atoms with van der Waals surface area (Å²) in [6, 6.07) is 5.76. The van der Waals surface area contributed by atoms with Gasteiger partial charge in [0.1, 0.15) is 5.25 Å². The maximum atomic E-state index is 14.3. The summed E-state index contributed by atoms with van der Waals surface area (Å²) in [6.45, 7) is 0.226. The molecule has 41 heavy (non-hydrogen) atoms. The molecular formula is C28H37N5O7S. The SMILES string of the molecule is CN[C@H](CC(=O)O)C1(C(=O)[C@@H](N)CCCN=C(N)N)C=CC=CC1S(=O)(=O)c1ccc2cc(OC)c(OC)cc2c1. The Bertz CT molecular complexity index is 1480. The molecule has 12 nitrogen and oxygen atoms in total. The summed E-state index contributed by atoms with van der Waals surface area (Å²) in [5, 5.41) is 12.4. The summed E-state index contributed by atoms with van der Waals surface area (Å²) in [7, 11) is 0.187. The lowest BCUT2D eigenvalue weighted by Crippen LogP contribution is -2.61. The molecule has 2 aromatic rings. The fourth-order valence-corrected chi connectivity index (χ4v) is 7.25. The van der Waals surface area contributed by atoms with E-state index in [4.69, 9.17) is 26.7 Å². The lowest BCUT2D eigenvalue weighted by molar-refractivity contribution is -0.139. The van der Waals surface area contributed by atoms with Gasteiger partial charge < -0.3 is 37.1 Å². The number of benzene rings is 2. The monoisotopic (exact) mass is 587 g/mol. The van der Waals surface area contributed by atoms with Crippen molar-refractivity contribution in [2.75, 3.05) is 27.8 Å². The Morgan fingerprint density at radius 2 is 1.76 bits per heavy atom. The van der Waals surface area contributed by atoms with Crippen LogP contribution >= 0.6 is 0 Å². The number of fused-ring (bicyclic) bond motifs is 1. The molecule has 0 aromatic heterocycles. The van der Waals surface area contributed by atoms with E-state index in [1.54, 1.807) is 24.3 Å². The number of sulfone groups is 1. The van der Waals surface area contributed by atoms with Gasteiger partial charge in [-0.1, -0.05) is 30.4 Å². The second kappa shape index (κ2) is 13.1. The topological polar surface area (TPSA) is 209 Å². The van der Waals surface area contributed by atoms with Crippen molar-refractivity contribution in [1.29, 1.82) is 0 Å². The number of carbonyl (C=O) groups excluding carboxylic acids is 1. The van der Waals surface area contributed by atoms with E-state index in [0.29, 0.717) is 28.7 Å². The molecule has 0 heterocycles. The number of aliphatic imine (C=N–C) groups is 1. The van der Waals surface area contributed by atoms with E-state index in [2.05, 4.69) is 10.3 Å². The number of nitrogens with two attached hydrogens (primary N) is 3. The first kappa shape index (κ1) is 31.6. The second-order valence-corrected chi connectivity index (χ2v) is 11.8. The standard InChI is InChI=1S/C28H37N5O7S/c1-32-23(16-25(34)35)28(26(36)20(29)7-6-12-33-27(30)31)11-5-4-8-24(28)41(37,38)19-10-9-17-14-21(39-2)22(40-3)15-18(17)13-19/h4-5,8-11,13-15,20,23-24,32H,6-7,12,16,29H2,1-3H3,(H,34,35)(H4,30,31,33)/t20-,23+,24?,28?/m0/s1. The first-order valence-electron chi connectivity index (χ1n) is 12.9. The van der Waals surface area contributed by atoms with E-state index in [1.807, 2.05) is 0 Å². The van der Waals surface area contributed by atoms with Crippen molar-refractivity contribution in [2.24, 2.45) is 27.6 Å². The van der Waals surface area contributed by atoms with Gasteiger partial charge in [0.25, 0.3) is 0 Å². The molecule has 1 aliphatic rings. The van der Waals surface area contributed by atoms with Crippen LogP contribution in [0.3, 0.4) is 0 Å². The van der Waals surface area contributed by atoms with Crippen molar-refractivity contribution in [3.8, 4) is 11.5 Å². The van der Waals surface area contributed by atoms with Crippen LogP contribution in [0, 0.1) is 5.41 Å². The maximum absolute atomic E-state index is 14.3. The van der Waals surface area contributed by atoms with Crippen LogP contribution in [0.25, 0.3) is 10.8 Å². The highest BCUT2D eigenvalue weighted by Crippen LogP contribution is 2.43. The normalized spacial score (nSPS) is 19.9.